The highest BCUT2D eigenvalue weighted by Crippen LogP contribution is 2.29. The molecular weight excluding hydrogens is 451 g/mol. The molecule has 35 heavy (non-hydrogen) atoms. The molecule has 0 aromatic heterocycles. The van der Waals surface area contributed by atoms with E-state index in [1.54, 1.807) is 26.0 Å². The van der Waals surface area contributed by atoms with Crippen LogP contribution in [-0.2, 0) is 19.1 Å². The van der Waals surface area contributed by atoms with E-state index in [9.17, 15) is 14.0 Å². The Labute approximate surface area is 203 Å². The second-order valence-corrected chi connectivity index (χ2v) is 7.90. The molecule has 182 valence electrons. The summed E-state index contributed by atoms with van der Waals surface area (Å²) >= 11 is 0. The molecular formula is C28H27FO6. The molecule has 0 N–H and O–H groups in total. The Kier molecular flexibility index (Phi) is 8.62. The summed E-state index contributed by atoms with van der Waals surface area (Å²) in [6, 6.07) is 16.1. The average Bonchev–Trinajstić information content (AvgIpc) is 2.84. The van der Waals surface area contributed by atoms with Crippen LogP contribution in [-0.4, -0.2) is 38.4 Å². The van der Waals surface area contributed by atoms with Gasteiger partial charge in [0.25, 0.3) is 0 Å². The first-order valence-corrected chi connectivity index (χ1v) is 11.0. The first-order chi connectivity index (χ1) is 16.7. The van der Waals surface area contributed by atoms with Gasteiger partial charge in [0.05, 0.1) is 0 Å². The standard InChI is InChI=1S/C28H27FO6/c1-18(2)27(30)34-13-11-32-24-9-7-21-15-20(5-6-22(21)16-24)23-8-10-26(25(29)17-23)33-12-14-35-28(31)19(3)4/h5-10,15-17H,1,3,11-14H2,2,4H3. The fraction of sp³-hybridized carbons (Fsp3) is 0.214. The summed E-state index contributed by atoms with van der Waals surface area (Å²) in [5.41, 5.74) is 2.18. The summed E-state index contributed by atoms with van der Waals surface area (Å²) in [5, 5.41) is 1.92. The van der Waals surface area contributed by atoms with Gasteiger partial charge < -0.3 is 18.9 Å². The predicted molar refractivity (Wildman–Crippen MR) is 132 cm³/mol. The molecule has 6 nitrogen and oxygen atoms in total. The maximum absolute atomic E-state index is 14.6. The number of carbonyl (C=O) groups excluding carboxylic acids is 2. The van der Waals surface area contributed by atoms with E-state index in [0.29, 0.717) is 22.5 Å². The number of ether oxygens (including phenoxy) is 4. The monoisotopic (exact) mass is 478 g/mol. The number of halogens is 1. The zero-order chi connectivity index (χ0) is 25.4. The van der Waals surface area contributed by atoms with Crippen molar-refractivity contribution in [2.24, 2.45) is 0 Å². The van der Waals surface area contributed by atoms with E-state index in [-0.39, 0.29) is 32.2 Å². The summed E-state index contributed by atoms with van der Waals surface area (Å²) in [6.45, 7) is 10.6. The lowest BCUT2D eigenvalue weighted by molar-refractivity contribution is -0.140. The molecule has 0 fully saturated rings. The largest absolute Gasteiger partial charge is 0.490 e. The van der Waals surface area contributed by atoms with Gasteiger partial charge in [0, 0.05) is 11.1 Å². The van der Waals surface area contributed by atoms with Crippen LogP contribution in [0.15, 0.2) is 78.9 Å². The number of carbonyl (C=O) groups is 2. The lowest BCUT2D eigenvalue weighted by atomic mass is 10.0. The van der Waals surface area contributed by atoms with Crippen molar-refractivity contribution in [1.82, 2.24) is 0 Å². The van der Waals surface area contributed by atoms with Crippen molar-refractivity contribution in [3.8, 4) is 22.6 Å². The van der Waals surface area contributed by atoms with Crippen LogP contribution in [0, 0.1) is 5.82 Å². The van der Waals surface area contributed by atoms with Gasteiger partial charge in [-0.2, -0.15) is 0 Å². The van der Waals surface area contributed by atoms with Crippen molar-refractivity contribution >= 4 is 22.7 Å². The van der Waals surface area contributed by atoms with Gasteiger partial charge in [-0.3, -0.25) is 0 Å². The Hall–Kier alpha value is -4.13. The molecule has 0 radical (unpaired) electrons. The van der Waals surface area contributed by atoms with Crippen molar-refractivity contribution in [2.75, 3.05) is 26.4 Å². The minimum absolute atomic E-state index is 0.00288. The first-order valence-electron chi connectivity index (χ1n) is 11.0. The number of esters is 2. The van der Waals surface area contributed by atoms with E-state index in [2.05, 4.69) is 13.2 Å². The lowest BCUT2D eigenvalue weighted by Gasteiger charge is -2.11. The highest BCUT2D eigenvalue weighted by atomic mass is 19.1. The summed E-state index contributed by atoms with van der Waals surface area (Å²) in [7, 11) is 0. The lowest BCUT2D eigenvalue weighted by Crippen LogP contribution is -2.12. The van der Waals surface area contributed by atoms with Crippen molar-refractivity contribution in [2.45, 2.75) is 13.8 Å². The highest BCUT2D eigenvalue weighted by molar-refractivity contribution is 5.89. The molecule has 0 saturated carbocycles. The Morgan fingerprint density at radius 3 is 1.89 bits per heavy atom. The van der Waals surface area contributed by atoms with E-state index < -0.39 is 17.8 Å². The maximum Gasteiger partial charge on any atom is 0.333 e. The summed E-state index contributed by atoms with van der Waals surface area (Å²) in [4.78, 5) is 22.8. The number of benzene rings is 3. The van der Waals surface area contributed by atoms with Crippen LogP contribution in [0.25, 0.3) is 21.9 Å². The van der Waals surface area contributed by atoms with Gasteiger partial charge in [0.1, 0.15) is 32.2 Å². The highest BCUT2D eigenvalue weighted by Gasteiger charge is 2.09. The van der Waals surface area contributed by atoms with Crippen LogP contribution in [0.5, 0.6) is 11.5 Å². The maximum atomic E-state index is 14.6. The summed E-state index contributed by atoms with van der Waals surface area (Å²) in [5.74, 6) is -0.733. The molecule has 0 atom stereocenters. The number of hydrogen-bond donors (Lipinski definition) is 0. The Morgan fingerprint density at radius 1 is 0.714 bits per heavy atom. The number of hydrogen-bond acceptors (Lipinski definition) is 6. The molecule has 0 spiro atoms. The smallest absolute Gasteiger partial charge is 0.333 e. The zero-order valence-corrected chi connectivity index (χ0v) is 19.8. The molecule has 0 saturated heterocycles. The van der Waals surface area contributed by atoms with Crippen molar-refractivity contribution in [3.63, 3.8) is 0 Å². The van der Waals surface area contributed by atoms with Crippen LogP contribution < -0.4 is 9.47 Å². The third-order valence-corrected chi connectivity index (χ3v) is 4.93. The second kappa shape index (κ2) is 11.8. The summed E-state index contributed by atoms with van der Waals surface area (Å²) in [6.07, 6.45) is 0. The molecule has 3 aromatic carbocycles. The Balaban J connectivity index is 1.60. The third kappa shape index (κ3) is 7.17. The molecule has 0 aliphatic carbocycles. The van der Waals surface area contributed by atoms with E-state index in [0.717, 1.165) is 16.3 Å². The van der Waals surface area contributed by atoms with Crippen LogP contribution in [0.3, 0.4) is 0 Å². The molecule has 0 aliphatic heterocycles. The first kappa shape index (κ1) is 25.5. The number of rotatable bonds is 11. The fourth-order valence-electron chi connectivity index (χ4n) is 3.12. The van der Waals surface area contributed by atoms with Crippen molar-refractivity contribution in [1.29, 1.82) is 0 Å². The minimum atomic E-state index is -0.511. The molecule has 0 heterocycles. The Morgan fingerprint density at radius 2 is 1.26 bits per heavy atom. The quantitative estimate of drug-likeness (QED) is 0.202. The molecule has 7 heteroatoms. The topological polar surface area (TPSA) is 71.1 Å². The molecule has 0 aliphatic rings. The third-order valence-electron chi connectivity index (χ3n) is 4.93. The van der Waals surface area contributed by atoms with Gasteiger partial charge in [-0.25, -0.2) is 14.0 Å². The van der Waals surface area contributed by atoms with Gasteiger partial charge in [0.2, 0.25) is 0 Å². The minimum Gasteiger partial charge on any atom is -0.490 e. The molecule has 0 amide bonds. The zero-order valence-electron chi connectivity index (χ0n) is 19.8. The fourth-order valence-corrected chi connectivity index (χ4v) is 3.12. The van der Waals surface area contributed by atoms with E-state index in [4.69, 9.17) is 18.9 Å². The number of fused-ring (bicyclic) bond motifs is 1. The predicted octanol–water partition coefficient (Wildman–Crippen LogP) is 5.64. The SMILES string of the molecule is C=C(C)C(=O)OCCOc1ccc2cc(-c3ccc(OCCOC(=O)C(=C)C)c(F)c3)ccc2c1. The van der Waals surface area contributed by atoms with Gasteiger partial charge in [-0.05, 0) is 66.1 Å². The van der Waals surface area contributed by atoms with Crippen LogP contribution in [0.2, 0.25) is 0 Å². The molecule has 3 rings (SSSR count). The van der Waals surface area contributed by atoms with Gasteiger partial charge in [-0.1, -0.05) is 37.4 Å². The molecule has 3 aromatic rings. The van der Waals surface area contributed by atoms with E-state index in [1.165, 1.54) is 6.07 Å². The van der Waals surface area contributed by atoms with Gasteiger partial charge >= 0.3 is 11.9 Å². The second-order valence-electron chi connectivity index (χ2n) is 7.90. The van der Waals surface area contributed by atoms with Gasteiger partial charge in [0.15, 0.2) is 11.6 Å². The molecule has 0 unspecified atom stereocenters. The normalized spacial score (nSPS) is 10.5. The van der Waals surface area contributed by atoms with Crippen LogP contribution in [0.4, 0.5) is 4.39 Å². The van der Waals surface area contributed by atoms with Crippen molar-refractivity contribution in [3.05, 3.63) is 84.7 Å². The summed E-state index contributed by atoms with van der Waals surface area (Å²) < 4.78 is 35.5. The average molecular weight is 479 g/mol. The van der Waals surface area contributed by atoms with Crippen molar-refractivity contribution < 1.29 is 32.9 Å². The van der Waals surface area contributed by atoms with Crippen LogP contribution >= 0.6 is 0 Å². The van der Waals surface area contributed by atoms with E-state index >= 15 is 0 Å². The van der Waals surface area contributed by atoms with Gasteiger partial charge in [-0.15, -0.1) is 0 Å². The van der Waals surface area contributed by atoms with Crippen LogP contribution in [0.1, 0.15) is 13.8 Å². The van der Waals surface area contributed by atoms with E-state index in [1.807, 2.05) is 36.4 Å². The Bertz CT molecular complexity index is 1260. The molecule has 0 bridgehead atoms.